The lowest BCUT2D eigenvalue weighted by atomic mass is 9.93. The molecule has 0 aromatic carbocycles. The molecule has 1 atom stereocenters. The Balaban J connectivity index is 2.04. The van der Waals surface area contributed by atoms with Gasteiger partial charge in [0.2, 0.25) is 0 Å². The molecular formula is C12H15NS. The van der Waals surface area contributed by atoms with Crippen molar-refractivity contribution in [2.24, 2.45) is 0 Å². The summed E-state index contributed by atoms with van der Waals surface area (Å²) in [5, 5.41) is 2.20. The molecular weight excluding hydrogens is 190 g/mol. The highest BCUT2D eigenvalue weighted by Crippen LogP contribution is 2.27. The van der Waals surface area contributed by atoms with Gasteiger partial charge in [0, 0.05) is 10.9 Å². The Morgan fingerprint density at radius 2 is 2.57 bits per heavy atom. The standard InChI is InChI=1S/C12H15NS/c1-3-7-13(2)11-4-5-12-10(9-11)6-8-14-12/h1,6,8,11H,4-5,7,9H2,2H3. The summed E-state index contributed by atoms with van der Waals surface area (Å²) >= 11 is 1.89. The molecule has 1 aliphatic rings. The topological polar surface area (TPSA) is 3.24 Å². The van der Waals surface area contributed by atoms with E-state index in [-0.39, 0.29) is 0 Å². The fraction of sp³-hybridized carbons (Fsp3) is 0.500. The minimum atomic E-state index is 0.646. The van der Waals surface area contributed by atoms with Crippen molar-refractivity contribution < 1.29 is 0 Å². The zero-order chi connectivity index (χ0) is 9.97. The number of hydrogen-bond donors (Lipinski definition) is 0. The van der Waals surface area contributed by atoms with Gasteiger partial charge in [0.05, 0.1) is 6.54 Å². The maximum absolute atomic E-state index is 5.32. The van der Waals surface area contributed by atoms with E-state index >= 15 is 0 Å². The zero-order valence-electron chi connectivity index (χ0n) is 8.49. The van der Waals surface area contributed by atoms with E-state index in [1.807, 2.05) is 11.3 Å². The van der Waals surface area contributed by atoms with Gasteiger partial charge in [0.1, 0.15) is 0 Å². The predicted molar refractivity (Wildman–Crippen MR) is 61.6 cm³/mol. The first-order valence-corrected chi connectivity index (χ1v) is 5.88. The number of hydrogen-bond acceptors (Lipinski definition) is 2. The summed E-state index contributed by atoms with van der Waals surface area (Å²) in [6.07, 6.45) is 8.98. The monoisotopic (exact) mass is 205 g/mol. The van der Waals surface area contributed by atoms with Crippen LogP contribution in [0.4, 0.5) is 0 Å². The number of terminal acetylenes is 1. The van der Waals surface area contributed by atoms with Gasteiger partial charge in [-0.05, 0) is 43.3 Å². The summed E-state index contributed by atoms with van der Waals surface area (Å²) in [7, 11) is 2.13. The number of aryl methyl sites for hydroxylation is 1. The molecule has 0 aliphatic heterocycles. The highest BCUT2D eigenvalue weighted by atomic mass is 32.1. The van der Waals surface area contributed by atoms with Crippen LogP contribution in [0.25, 0.3) is 0 Å². The van der Waals surface area contributed by atoms with Gasteiger partial charge >= 0.3 is 0 Å². The number of thiophene rings is 1. The SMILES string of the molecule is C#CCN(C)C1CCc2sccc2C1. The molecule has 1 heterocycles. The molecule has 2 heteroatoms. The largest absolute Gasteiger partial charge is 0.292 e. The van der Waals surface area contributed by atoms with Crippen molar-refractivity contribution in [3.63, 3.8) is 0 Å². The molecule has 1 unspecified atom stereocenters. The molecule has 0 saturated heterocycles. The lowest BCUT2D eigenvalue weighted by Gasteiger charge is -2.29. The van der Waals surface area contributed by atoms with E-state index in [1.165, 1.54) is 24.8 Å². The van der Waals surface area contributed by atoms with Crippen molar-refractivity contribution in [1.82, 2.24) is 4.90 Å². The van der Waals surface area contributed by atoms with Crippen LogP contribution in [0.3, 0.4) is 0 Å². The smallest absolute Gasteiger partial charge is 0.0598 e. The highest BCUT2D eigenvalue weighted by Gasteiger charge is 2.21. The lowest BCUT2D eigenvalue weighted by molar-refractivity contribution is 0.248. The fourth-order valence-electron chi connectivity index (χ4n) is 2.07. The number of likely N-dealkylation sites (N-methyl/N-ethyl adjacent to an activating group) is 1. The Kier molecular flexibility index (Phi) is 2.90. The van der Waals surface area contributed by atoms with Crippen LogP contribution in [0.1, 0.15) is 16.9 Å². The highest BCUT2D eigenvalue weighted by molar-refractivity contribution is 7.10. The second-order valence-electron chi connectivity index (χ2n) is 3.88. The summed E-state index contributed by atoms with van der Waals surface area (Å²) in [5.41, 5.74) is 1.54. The molecule has 1 aromatic heterocycles. The first kappa shape index (κ1) is 9.76. The maximum atomic E-state index is 5.32. The summed E-state index contributed by atoms with van der Waals surface area (Å²) in [6.45, 7) is 0.768. The quantitative estimate of drug-likeness (QED) is 0.669. The van der Waals surface area contributed by atoms with Crippen LogP contribution in [-0.4, -0.2) is 24.5 Å². The van der Waals surface area contributed by atoms with Crippen molar-refractivity contribution in [2.45, 2.75) is 25.3 Å². The lowest BCUT2D eigenvalue weighted by Crippen LogP contribution is -2.36. The first-order chi connectivity index (χ1) is 6.81. The zero-order valence-corrected chi connectivity index (χ0v) is 9.31. The second-order valence-corrected chi connectivity index (χ2v) is 4.89. The van der Waals surface area contributed by atoms with Crippen LogP contribution >= 0.6 is 11.3 Å². The molecule has 0 saturated carbocycles. The third kappa shape index (κ3) is 1.84. The molecule has 0 radical (unpaired) electrons. The summed E-state index contributed by atoms with van der Waals surface area (Å²) < 4.78 is 0. The van der Waals surface area contributed by atoms with E-state index < -0.39 is 0 Å². The van der Waals surface area contributed by atoms with E-state index in [9.17, 15) is 0 Å². The molecule has 0 N–H and O–H groups in total. The average Bonchev–Trinajstić information content (AvgIpc) is 2.64. The summed E-state index contributed by atoms with van der Waals surface area (Å²) in [4.78, 5) is 3.87. The van der Waals surface area contributed by atoms with Crippen LogP contribution < -0.4 is 0 Å². The minimum Gasteiger partial charge on any atom is -0.292 e. The number of rotatable bonds is 2. The van der Waals surface area contributed by atoms with Gasteiger partial charge in [0.15, 0.2) is 0 Å². The van der Waals surface area contributed by atoms with Gasteiger partial charge in [-0.25, -0.2) is 0 Å². The van der Waals surface area contributed by atoms with E-state index in [0.29, 0.717) is 6.04 Å². The van der Waals surface area contributed by atoms with Gasteiger partial charge in [-0.2, -0.15) is 0 Å². The summed E-state index contributed by atoms with van der Waals surface area (Å²) in [6, 6.07) is 2.91. The van der Waals surface area contributed by atoms with Crippen molar-refractivity contribution in [3.8, 4) is 12.3 Å². The van der Waals surface area contributed by atoms with Crippen LogP contribution in [0.5, 0.6) is 0 Å². The van der Waals surface area contributed by atoms with Gasteiger partial charge in [-0.3, -0.25) is 4.90 Å². The Morgan fingerprint density at radius 1 is 1.71 bits per heavy atom. The van der Waals surface area contributed by atoms with E-state index in [4.69, 9.17) is 6.42 Å². The Bertz CT molecular complexity index is 347. The molecule has 0 fully saturated rings. The molecule has 2 rings (SSSR count). The van der Waals surface area contributed by atoms with Crippen LogP contribution in [0.15, 0.2) is 11.4 Å². The van der Waals surface area contributed by atoms with Crippen LogP contribution in [0, 0.1) is 12.3 Å². The Labute approximate surface area is 89.7 Å². The van der Waals surface area contributed by atoms with Crippen molar-refractivity contribution >= 4 is 11.3 Å². The number of fused-ring (bicyclic) bond motifs is 1. The van der Waals surface area contributed by atoms with Gasteiger partial charge in [-0.15, -0.1) is 17.8 Å². The van der Waals surface area contributed by atoms with Gasteiger partial charge in [-0.1, -0.05) is 5.92 Å². The normalized spacial score (nSPS) is 20.5. The number of nitrogens with zero attached hydrogens (tertiary/aromatic N) is 1. The molecule has 1 aliphatic carbocycles. The third-order valence-electron chi connectivity index (χ3n) is 2.96. The van der Waals surface area contributed by atoms with Crippen molar-refractivity contribution in [2.75, 3.05) is 13.6 Å². The Morgan fingerprint density at radius 3 is 3.36 bits per heavy atom. The van der Waals surface area contributed by atoms with Gasteiger partial charge in [0.25, 0.3) is 0 Å². The Hall–Kier alpha value is -0.780. The minimum absolute atomic E-state index is 0.646. The van der Waals surface area contributed by atoms with Crippen molar-refractivity contribution in [1.29, 1.82) is 0 Å². The molecule has 1 aromatic rings. The van der Waals surface area contributed by atoms with E-state index in [0.717, 1.165) is 6.54 Å². The predicted octanol–water partition coefficient (Wildman–Crippen LogP) is 2.17. The molecule has 0 amide bonds. The summed E-state index contributed by atoms with van der Waals surface area (Å²) in [5.74, 6) is 2.71. The molecule has 0 bridgehead atoms. The van der Waals surface area contributed by atoms with Crippen LogP contribution in [0.2, 0.25) is 0 Å². The fourth-order valence-corrected chi connectivity index (χ4v) is 3.01. The molecule has 1 nitrogen and oxygen atoms in total. The van der Waals surface area contributed by atoms with Crippen LogP contribution in [-0.2, 0) is 12.8 Å². The third-order valence-corrected chi connectivity index (χ3v) is 3.98. The van der Waals surface area contributed by atoms with E-state index in [1.54, 1.807) is 4.88 Å². The maximum Gasteiger partial charge on any atom is 0.0598 e. The second kappa shape index (κ2) is 4.16. The molecule has 14 heavy (non-hydrogen) atoms. The average molecular weight is 205 g/mol. The molecule has 0 spiro atoms. The van der Waals surface area contributed by atoms with Crippen molar-refractivity contribution in [3.05, 3.63) is 21.9 Å². The van der Waals surface area contributed by atoms with E-state index in [2.05, 4.69) is 29.3 Å². The molecule has 74 valence electrons. The van der Waals surface area contributed by atoms with Gasteiger partial charge < -0.3 is 0 Å². The first-order valence-electron chi connectivity index (χ1n) is 5.00.